The minimum absolute atomic E-state index is 0.216. The second-order valence-electron chi connectivity index (χ2n) is 6.60. The van der Waals surface area contributed by atoms with E-state index in [1.165, 1.54) is 18.9 Å². The lowest BCUT2D eigenvalue weighted by Gasteiger charge is -2.30. The number of hydrazone groups is 1. The Morgan fingerprint density at radius 1 is 1.04 bits per heavy atom. The van der Waals surface area contributed by atoms with Gasteiger partial charge in [-0.1, -0.05) is 46.3 Å². The molecule has 1 atom stereocenters. The van der Waals surface area contributed by atoms with Gasteiger partial charge in [-0.25, -0.2) is 9.91 Å². The van der Waals surface area contributed by atoms with E-state index in [2.05, 4.69) is 21.0 Å². The van der Waals surface area contributed by atoms with E-state index in [1.807, 2.05) is 24.3 Å². The van der Waals surface area contributed by atoms with Crippen molar-refractivity contribution in [3.63, 3.8) is 0 Å². The molecule has 0 saturated carbocycles. The summed E-state index contributed by atoms with van der Waals surface area (Å²) in [6.45, 7) is 2.72. The van der Waals surface area contributed by atoms with Crippen molar-refractivity contribution in [1.29, 1.82) is 0 Å². The number of carbonyl (C=O) groups is 3. The van der Waals surface area contributed by atoms with Crippen LogP contribution in [0.3, 0.4) is 0 Å². The summed E-state index contributed by atoms with van der Waals surface area (Å²) in [5, 5.41) is 5.72. The zero-order valence-electron chi connectivity index (χ0n) is 14.8. The molecule has 0 radical (unpaired) electrons. The van der Waals surface area contributed by atoms with Gasteiger partial charge in [0.2, 0.25) is 11.8 Å². The number of anilines is 1. The normalized spacial score (nSPS) is 20.9. The Bertz CT molecular complexity index is 1020. The highest BCUT2D eigenvalue weighted by atomic mass is 79.9. The van der Waals surface area contributed by atoms with Crippen LogP contribution in [0.5, 0.6) is 0 Å². The van der Waals surface area contributed by atoms with Crippen LogP contribution in [0.2, 0.25) is 0 Å². The van der Waals surface area contributed by atoms with Crippen molar-refractivity contribution < 1.29 is 14.4 Å². The van der Waals surface area contributed by atoms with Gasteiger partial charge in [-0.3, -0.25) is 14.4 Å². The summed E-state index contributed by atoms with van der Waals surface area (Å²) in [4.78, 5) is 39.2. The standard InChI is InChI=1S/C20H16BrN3O3/c1-12(25)23-18-6-4-3-5-16(18)20(19(23)27)11-17(22-24(20)13(2)26)14-7-9-15(21)10-8-14/h3-10H,11H2,1-2H3/t20-/m0/s1. The molecular weight excluding hydrogens is 410 g/mol. The molecule has 3 amide bonds. The molecule has 0 aliphatic carbocycles. The van der Waals surface area contributed by atoms with Crippen LogP contribution in [0.15, 0.2) is 58.1 Å². The number of nitrogens with zero attached hydrogens (tertiary/aromatic N) is 3. The third kappa shape index (κ3) is 2.45. The monoisotopic (exact) mass is 425 g/mol. The Morgan fingerprint density at radius 2 is 1.70 bits per heavy atom. The van der Waals surface area contributed by atoms with Crippen LogP contribution < -0.4 is 4.90 Å². The molecule has 2 aliphatic heterocycles. The highest BCUT2D eigenvalue weighted by Gasteiger charge is 2.60. The van der Waals surface area contributed by atoms with Crippen molar-refractivity contribution in [2.45, 2.75) is 25.8 Å². The van der Waals surface area contributed by atoms with E-state index in [4.69, 9.17) is 0 Å². The largest absolute Gasteiger partial charge is 0.274 e. The number of para-hydroxylation sites is 1. The van der Waals surface area contributed by atoms with Gasteiger partial charge in [0.1, 0.15) is 0 Å². The molecule has 0 N–H and O–H groups in total. The first kappa shape index (κ1) is 17.6. The van der Waals surface area contributed by atoms with E-state index < -0.39 is 11.4 Å². The fourth-order valence-electron chi connectivity index (χ4n) is 3.82. The number of rotatable bonds is 1. The molecule has 4 rings (SSSR count). The van der Waals surface area contributed by atoms with Crippen LogP contribution in [-0.2, 0) is 19.9 Å². The average molecular weight is 426 g/mol. The smallest absolute Gasteiger partial charge is 0.266 e. The quantitative estimate of drug-likeness (QED) is 0.704. The first-order chi connectivity index (χ1) is 12.9. The fraction of sp³-hybridized carbons (Fsp3) is 0.200. The van der Waals surface area contributed by atoms with E-state index in [0.29, 0.717) is 17.0 Å². The van der Waals surface area contributed by atoms with E-state index in [1.54, 1.807) is 24.3 Å². The summed E-state index contributed by atoms with van der Waals surface area (Å²) in [7, 11) is 0. The third-order valence-electron chi connectivity index (χ3n) is 4.94. The van der Waals surface area contributed by atoms with Gasteiger partial charge < -0.3 is 0 Å². The Hall–Kier alpha value is -2.80. The van der Waals surface area contributed by atoms with Gasteiger partial charge in [0.05, 0.1) is 11.4 Å². The molecule has 0 fully saturated rings. The van der Waals surface area contributed by atoms with Gasteiger partial charge >= 0.3 is 0 Å². The number of fused-ring (bicyclic) bond motifs is 2. The molecule has 2 aromatic rings. The molecule has 1 spiro atoms. The maximum absolute atomic E-state index is 13.4. The number of hydrogen-bond acceptors (Lipinski definition) is 4. The number of carbonyl (C=O) groups excluding carboxylic acids is 3. The predicted molar refractivity (Wildman–Crippen MR) is 104 cm³/mol. The van der Waals surface area contributed by atoms with Crippen molar-refractivity contribution in [2.24, 2.45) is 5.10 Å². The second kappa shape index (κ2) is 6.13. The van der Waals surface area contributed by atoms with E-state index in [0.717, 1.165) is 14.9 Å². The van der Waals surface area contributed by atoms with Gasteiger partial charge in [-0.15, -0.1) is 0 Å². The number of benzene rings is 2. The molecule has 0 bridgehead atoms. The summed E-state index contributed by atoms with van der Waals surface area (Å²) in [5.41, 5.74) is 1.26. The molecule has 136 valence electrons. The Balaban J connectivity index is 1.89. The molecule has 0 aromatic heterocycles. The van der Waals surface area contributed by atoms with Crippen LogP contribution in [0, 0.1) is 0 Å². The third-order valence-corrected chi connectivity index (χ3v) is 5.47. The SMILES string of the molecule is CC(=O)N1C(=O)[C@]2(CC(c3ccc(Br)cc3)=NN2C(C)=O)c2ccccc21. The highest BCUT2D eigenvalue weighted by Crippen LogP contribution is 2.49. The summed E-state index contributed by atoms with van der Waals surface area (Å²) < 4.78 is 0.924. The van der Waals surface area contributed by atoms with Crippen molar-refractivity contribution in [3.8, 4) is 0 Å². The first-order valence-electron chi connectivity index (χ1n) is 8.45. The lowest BCUT2D eigenvalue weighted by Crippen LogP contribution is -2.51. The molecule has 2 aliphatic rings. The van der Waals surface area contributed by atoms with Gasteiger partial charge in [0.15, 0.2) is 5.54 Å². The first-order valence-corrected chi connectivity index (χ1v) is 9.24. The number of amides is 3. The number of imide groups is 1. The van der Waals surface area contributed by atoms with Crippen LogP contribution in [-0.4, -0.2) is 28.4 Å². The number of hydrogen-bond donors (Lipinski definition) is 0. The van der Waals surface area contributed by atoms with E-state index >= 15 is 0 Å². The molecule has 2 heterocycles. The molecule has 27 heavy (non-hydrogen) atoms. The average Bonchev–Trinajstić information content (AvgIpc) is 3.15. The van der Waals surface area contributed by atoms with Crippen molar-refractivity contribution in [3.05, 3.63) is 64.1 Å². The summed E-state index contributed by atoms with van der Waals surface area (Å²) in [6.07, 6.45) is 0.216. The van der Waals surface area contributed by atoms with Gasteiger partial charge in [0.25, 0.3) is 5.91 Å². The highest BCUT2D eigenvalue weighted by molar-refractivity contribution is 9.10. The maximum atomic E-state index is 13.4. The maximum Gasteiger partial charge on any atom is 0.266 e. The van der Waals surface area contributed by atoms with E-state index in [9.17, 15) is 14.4 Å². The van der Waals surface area contributed by atoms with Gasteiger partial charge in [-0.2, -0.15) is 5.10 Å². The second-order valence-corrected chi connectivity index (χ2v) is 7.51. The minimum Gasteiger partial charge on any atom is -0.274 e. The van der Waals surface area contributed by atoms with Gasteiger partial charge in [0, 0.05) is 30.3 Å². The van der Waals surface area contributed by atoms with Gasteiger partial charge in [-0.05, 0) is 23.8 Å². The Labute approximate surface area is 164 Å². The van der Waals surface area contributed by atoms with E-state index in [-0.39, 0.29) is 18.2 Å². The lowest BCUT2D eigenvalue weighted by molar-refractivity contribution is -0.144. The van der Waals surface area contributed by atoms with Crippen LogP contribution in [0.25, 0.3) is 0 Å². The van der Waals surface area contributed by atoms with Crippen molar-refractivity contribution in [1.82, 2.24) is 5.01 Å². The Morgan fingerprint density at radius 3 is 2.33 bits per heavy atom. The predicted octanol–water partition coefficient (Wildman–Crippen LogP) is 3.19. The zero-order chi connectivity index (χ0) is 19.3. The zero-order valence-corrected chi connectivity index (χ0v) is 16.4. The summed E-state index contributed by atoms with van der Waals surface area (Å²) in [6, 6.07) is 14.6. The molecule has 6 nitrogen and oxygen atoms in total. The topological polar surface area (TPSA) is 70.1 Å². The molecular formula is C20H16BrN3O3. The van der Waals surface area contributed by atoms with Crippen LogP contribution in [0.4, 0.5) is 5.69 Å². The summed E-state index contributed by atoms with van der Waals surface area (Å²) in [5.74, 6) is -1.18. The van der Waals surface area contributed by atoms with Crippen molar-refractivity contribution in [2.75, 3.05) is 4.90 Å². The molecule has 0 saturated heterocycles. The molecule has 7 heteroatoms. The fourth-order valence-corrected chi connectivity index (χ4v) is 4.08. The van der Waals surface area contributed by atoms with Crippen LogP contribution >= 0.6 is 15.9 Å². The lowest BCUT2D eigenvalue weighted by atomic mass is 9.85. The Kier molecular flexibility index (Phi) is 3.99. The molecule has 2 aromatic carbocycles. The summed E-state index contributed by atoms with van der Waals surface area (Å²) >= 11 is 3.40. The van der Waals surface area contributed by atoms with Crippen LogP contribution in [0.1, 0.15) is 31.4 Å². The number of halogens is 1. The minimum atomic E-state index is -1.32. The van der Waals surface area contributed by atoms with Crippen molar-refractivity contribution >= 4 is 45.1 Å². The molecule has 0 unspecified atom stereocenters.